The summed E-state index contributed by atoms with van der Waals surface area (Å²) in [7, 11) is 0. The number of ether oxygens (including phenoxy) is 1. The van der Waals surface area contributed by atoms with Crippen molar-refractivity contribution in [3.05, 3.63) is 59.4 Å². The van der Waals surface area contributed by atoms with Gasteiger partial charge < -0.3 is 20.9 Å². The molecule has 0 bridgehead atoms. The highest BCUT2D eigenvalue weighted by Crippen LogP contribution is 2.52. The summed E-state index contributed by atoms with van der Waals surface area (Å²) in [6.07, 6.45) is -5.39. The third-order valence-corrected chi connectivity index (χ3v) is 7.76. The van der Waals surface area contributed by atoms with Crippen LogP contribution in [0.2, 0.25) is 0 Å². The molecular weight excluding hydrogens is 624 g/mol. The van der Waals surface area contributed by atoms with E-state index < -0.39 is 53.0 Å². The SMILES string of the molecule is CC1(C)CC(=O)N([C@H](c2cccnc2)[C@@H]2C[C@H]2C(=O)NC2CC(C)(C)Oc3ccc(C(F)(F)F)cc32)C(N)=N1.O=C(O)C(F)(F)F. The fraction of sp³-hybridized carbons (Fsp3) is 0.500. The lowest BCUT2D eigenvalue weighted by Crippen LogP contribution is -2.52. The van der Waals surface area contributed by atoms with Crippen molar-refractivity contribution >= 4 is 23.7 Å². The molecule has 0 radical (unpaired) electrons. The van der Waals surface area contributed by atoms with E-state index in [1.165, 1.54) is 11.0 Å². The number of rotatable bonds is 5. The summed E-state index contributed by atoms with van der Waals surface area (Å²) >= 11 is 0. The number of aliphatic imine (C=N–C) groups is 1. The highest BCUT2D eigenvalue weighted by atomic mass is 19.4. The number of aliphatic carboxylic acids is 1. The molecule has 1 aromatic heterocycles. The molecule has 46 heavy (non-hydrogen) atoms. The number of pyridine rings is 1. The number of hydrogen-bond donors (Lipinski definition) is 3. The first-order chi connectivity index (χ1) is 21.1. The number of carbonyl (C=O) groups excluding carboxylic acids is 2. The molecule has 0 saturated heterocycles. The highest BCUT2D eigenvalue weighted by molar-refractivity contribution is 5.99. The first kappa shape index (κ1) is 34.5. The van der Waals surface area contributed by atoms with Crippen molar-refractivity contribution in [3.8, 4) is 5.75 Å². The van der Waals surface area contributed by atoms with Gasteiger partial charge in [0, 0.05) is 30.3 Å². The van der Waals surface area contributed by atoms with Gasteiger partial charge in [0.25, 0.3) is 0 Å². The largest absolute Gasteiger partial charge is 0.490 e. The molecule has 16 heteroatoms. The lowest BCUT2D eigenvalue weighted by atomic mass is 9.88. The van der Waals surface area contributed by atoms with Gasteiger partial charge in [-0.1, -0.05) is 6.07 Å². The number of carboxylic acids is 1. The van der Waals surface area contributed by atoms with Crippen LogP contribution in [0.3, 0.4) is 0 Å². The molecule has 1 aromatic carbocycles. The molecule has 4 N–H and O–H groups in total. The number of guanidine groups is 1. The van der Waals surface area contributed by atoms with Gasteiger partial charge in [0.15, 0.2) is 5.96 Å². The van der Waals surface area contributed by atoms with Gasteiger partial charge in [-0.2, -0.15) is 26.3 Å². The minimum Gasteiger partial charge on any atom is -0.487 e. The summed E-state index contributed by atoms with van der Waals surface area (Å²) < 4.78 is 78.0. The molecule has 2 aliphatic heterocycles. The summed E-state index contributed by atoms with van der Waals surface area (Å²) in [4.78, 5) is 45.8. The third kappa shape index (κ3) is 7.88. The van der Waals surface area contributed by atoms with E-state index in [0.29, 0.717) is 24.2 Å². The van der Waals surface area contributed by atoms with Gasteiger partial charge in [-0.05, 0) is 69.9 Å². The quantitative estimate of drug-likeness (QED) is 0.377. The first-order valence-corrected chi connectivity index (χ1v) is 14.2. The second-order valence-electron chi connectivity index (χ2n) is 12.6. The van der Waals surface area contributed by atoms with Crippen LogP contribution in [0.15, 0.2) is 47.7 Å². The second-order valence-corrected chi connectivity index (χ2v) is 12.6. The third-order valence-electron chi connectivity index (χ3n) is 7.76. The predicted molar refractivity (Wildman–Crippen MR) is 151 cm³/mol. The van der Waals surface area contributed by atoms with Gasteiger partial charge in [0.05, 0.1) is 29.6 Å². The standard InChI is InChI=1S/C28H32F3N5O3.C2HF3O2/c1-26(2)13-22(37)36(25(32)35-26)23(15-6-5-9-33-14-15)17-11-18(17)24(38)34-20-12-27(3,4)39-21-8-7-16(10-19(20)21)28(29,30)31;3-2(4,5)1(6)7/h5-10,14,17-18,20,23H,11-13H2,1-4H3,(H2,32,35)(H,34,38);(H,6,7)/t17-,18-,20?,23-;/m1./s1. The number of benzene rings is 1. The molecule has 10 nitrogen and oxygen atoms in total. The van der Waals surface area contributed by atoms with E-state index >= 15 is 0 Å². The van der Waals surface area contributed by atoms with Gasteiger partial charge >= 0.3 is 18.3 Å². The molecular formula is C30H33F6N5O5. The van der Waals surface area contributed by atoms with Crippen LogP contribution in [0.5, 0.6) is 5.75 Å². The zero-order chi connectivity index (χ0) is 34.4. The zero-order valence-electron chi connectivity index (χ0n) is 25.2. The van der Waals surface area contributed by atoms with Crippen LogP contribution >= 0.6 is 0 Å². The molecule has 3 aliphatic rings. The maximum Gasteiger partial charge on any atom is 0.490 e. The van der Waals surface area contributed by atoms with Crippen LogP contribution in [-0.2, 0) is 20.6 Å². The summed E-state index contributed by atoms with van der Waals surface area (Å²) in [5.41, 5.74) is 5.19. The summed E-state index contributed by atoms with van der Waals surface area (Å²) in [5.74, 6) is -3.56. The lowest BCUT2D eigenvalue weighted by Gasteiger charge is -2.39. The predicted octanol–water partition coefficient (Wildman–Crippen LogP) is 5.16. The van der Waals surface area contributed by atoms with E-state index in [-0.39, 0.29) is 30.1 Å². The zero-order valence-corrected chi connectivity index (χ0v) is 25.2. The molecule has 1 saturated carbocycles. The van der Waals surface area contributed by atoms with Gasteiger partial charge in [-0.15, -0.1) is 0 Å². The molecule has 2 amide bonds. The maximum atomic E-state index is 13.5. The number of amides is 2. The minimum absolute atomic E-state index is 0.0935. The van der Waals surface area contributed by atoms with Crippen molar-refractivity contribution in [2.75, 3.05) is 0 Å². The fourth-order valence-electron chi connectivity index (χ4n) is 5.73. The Kier molecular flexibility index (Phi) is 9.07. The number of halogens is 6. The Balaban J connectivity index is 0.000000617. The number of carboxylic acid groups (broad SMARTS) is 1. The van der Waals surface area contributed by atoms with Gasteiger partial charge in [-0.3, -0.25) is 19.5 Å². The van der Waals surface area contributed by atoms with E-state index in [0.717, 1.165) is 17.7 Å². The van der Waals surface area contributed by atoms with Crippen molar-refractivity contribution in [2.45, 2.75) is 82.5 Å². The molecule has 1 fully saturated rings. The molecule has 1 aliphatic carbocycles. The average molecular weight is 658 g/mol. The average Bonchev–Trinajstić information content (AvgIpc) is 3.70. The van der Waals surface area contributed by atoms with Crippen LogP contribution < -0.4 is 15.8 Å². The van der Waals surface area contributed by atoms with Crippen molar-refractivity contribution in [2.24, 2.45) is 22.6 Å². The number of aromatic nitrogens is 1. The Bertz CT molecular complexity index is 1530. The molecule has 250 valence electrons. The Morgan fingerprint density at radius 3 is 2.33 bits per heavy atom. The van der Waals surface area contributed by atoms with Crippen molar-refractivity contribution in [3.63, 3.8) is 0 Å². The Morgan fingerprint density at radius 1 is 1.13 bits per heavy atom. The number of nitrogens with zero attached hydrogens (tertiary/aromatic N) is 3. The molecule has 4 atom stereocenters. The normalized spacial score (nSPS) is 23.9. The van der Waals surface area contributed by atoms with E-state index in [1.54, 1.807) is 18.5 Å². The monoisotopic (exact) mass is 657 g/mol. The molecule has 0 spiro atoms. The van der Waals surface area contributed by atoms with E-state index in [1.807, 2.05) is 33.8 Å². The first-order valence-electron chi connectivity index (χ1n) is 14.2. The Morgan fingerprint density at radius 2 is 1.78 bits per heavy atom. The van der Waals surface area contributed by atoms with Gasteiger partial charge in [0.1, 0.15) is 11.4 Å². The van der Waals surface area contributed by atoms with E-state index in [4.69, 9.17) is 20.4 Å². The van der Waals surface area contributed by atoms with Crippen LogP contribution in [0.4, 0.5) is 26.3 Å². The molecule has 1 unspecified atom stereocenters. The van der Waals surface area contributed by atoms with Crippen molar-refractivity contribution < 1.29 is 50.6 Å². The Hall–Kier alpha value is -4.37. The fourth-order valence-corrected chi connectivity index (χ4v) is 5.73. The highest BCUT2D eigenvalue weighted by Gasteiger charge is 2.53. The van der Waals surface area contributed by atoms with E-state index in [2.05, 4.69) is 15.3 Å². The maximum absolute atomic E-state index is 13.5. The Labute approximate surface area is 260 Å². The van der Waals surface area contributed by atoms with Gasteiger partial charge in [0.2, 0.25) is 11.8 Å². The smallest absolute Gasteiger partial charge is 0.487 e. The van der Waals surface area contributed by atoms with Crippen LogP contribution in [0.1, 0.15) is 75.7 Å². The number of alkyl halides is 6. The van der Waals surface area contributed by atoms with Crippen LogP contribution in [0, 0.1) is 11.8 Å². The van der Waals surface area contributed by atoms with Gasteiger partial charge in [-0.25, -0.2) is 9.79 Å². The lowest BCUT2D eigenvalue weighted by molar-refractivity contribution is -0.192. The summed E-state index contributed by atoms with van der Waals surface area (Å²) in [6, 6.07) is 5.72. The second kappa shape index (κ2) is 12.1. The van der Waals surface area contributed by atoms with Crippen molar-refractivity contribution in [1.82, 2.24) is 15.2 Å². The number of fused-ring (bicyclic) bond motifs is 1. The number of carbonyl (C=O) groups is 3. The van der Waals surface area contributed by atoms with Crippen LogP contribution in [-0.4, -0.2) is 56.0 Å². The number of nitrogens with two attached hydrogens (primary N) is 1. The summed E-state index contributed by atoms with van der Waals surface area (Å²) in [6.45, 7) is 7.32. The van der Waals surface area contributed by atoms with Crippen molar-refractivity contribution in [1.29, 1.82) is 0 Å². The van der Waals surface area contributed by atoms with E-state index in [9.17, 15) is 35.9 Å². The molecule has 3 heterocycles. The van der Waals surface area contributed by atoms with Crippen LogP contribution in [0.25, 0.3) is 0 Å². The topological polar surface area (TPSA) is 147 Å². The number of hydrogen-bond acceptors (Lipinski definition) is 7. The summed E-state index contributed by atoms with van der Waals surface area (Å²) in [5, 5.41) is 10.1. The number of nitrogens with one attached hydrogen (secondary N) is 1. The molecule has 2 aromatic rings. The molecule has 5 rings (SSSR count). The minimum atomic E-state index is -5.08.